The van der Waals surface area contributed by atoms with E-state index in [0.717, 1.165) is 0 Å². The van der Waals surface area contributed by atoms with Crippen molar-refractivity contribution in [2.24, 2.45) is 0 Å². The Morgan fingerprint density at radius 1 is 1.47 bits per heavy atom. The van der Waals surface area contributed by atoms with Gasteiger partial charge in [0.15, 0.2) is 5.65 Å². The molecule has 2 rings (SSSR count). The van der Waals surface area contributed by atoms with Crippen LogP contribution in [0.1, 0.15) is 17.0 Å². The van der Waals surface area contributed by atoms with E-state index in [4.69, 9.17) is 15.9 Å². The fourth-order valence-corrected chi connectivity index (χ4v) is 2.45. The molecule has 0 bridgehead atoms. The molecular formula is C9H7ClN4O2S. The van der Waals surface area contributed by atoms with Crippen LogP contribution in [0.3, 0.4) is 0 Å². The van der Waals surface area contributed by atoms with E-state index in [0.29, 0.717) is 11.4 Å². The molecule has 2 heterocycles. The Labute approximate surface area is 102 Å². The molecule has 0 spiro atoms. The van der Waals surface area contributed by atoms with Crippen LogP contribution >= 0.6 is 10.7 Å². The summed E-state index contributed by atoms with van der Waals surface area (Å²) in [6.45, 7) is 3.48. The Bertz CT molecular complexity index is 757. The van der Waals surface area contributed by atoms with E-state index >= 15 is 0 Å². The van der Waals surface area contributed by atoms with Crippen molar-refractivity contribution in [2.45, 2.75) is 18.9 Å². The molecule has 0 aliphatic carbocycles. The van der Waals surface area contributed by atoms with Gasteiger partial charge in [0.1, 0.15) is 11.6 Å². The Kier molecular flexibility index (Phi) is 2.56. The van der Waals surface area contributed by atoms with Crippen LogP contribution < -0.4 is 0 Å². The van der Waals surface area contributed by atoms with Gasteiger partial charge in [-0.05, 0) is 19.9 Å². The van der Waals surface area contributed by atoms with E-state index in [1.165, 1.54) is 4.52 Å². The van der Waals surface area contributed by atoms with E-state index < -0.39 is 14.1 Å². The number of nitriles is 1. The lowest BCUT2D eigenvalue weighted by Crippen LogP contribution is -1.98. The van der Waals surface area contributed by atoms with E-state index in [1.807, 2.05) is 0 Å². The predicted molar refractivity (Wildman–Crippen MR) is 60.2 cm³/mol. The summed E-state index contributed by atoms with van der Waals surface area (Å²) in [4.78, 5) is 4.10. The molecule has 0 aromatic carbocycles. The highest BCUT2D eigenvalue weighted by Gasteiger charge is 2.24. The van der Waals surface area contributed by atoms with Crippen molar-refractivity contribution in [3.05, 3.63) is 23.0 Å². The zero-order valence-corrected chi connectivity index (χ0v) is 10.5. The van der Waals surface area contributed by atoms with Crippen LogP contribution in [0.4, 0.5) is 0 Å². The van der Waals surface area contributed by atoms with Gasteiger partial charge in [0, 0.05) is 22.1 Å². The number of aromatic nitrogens is 3. The minimum atomic E-state index is -4.06. The largest absolute Gasteiger partial charge is 0.281 e. The first-order chi connectivity index (χ1) is 7.84. The van der Waals surface area contributed by atoms with E-state index in [2.05, 4.69) is 10.1 Å². The zero-order chi connectivity index (χ0) is 12.8. The van der Waals surface area contributed by atoms with Crippen LogP contribution in [0.25, 0.3) is 5.65 Å². The first-order valence-corrected chi connectivity index (χ1v) is 6.87. The maximum absolute atomic E-state index is 11.3. The fourth-order valence-electron chi connectivity index (χ4n) is 1.57. The molecule has 0 saturated heterocycles. The predicted octanol–water partition coefficient (Wildman–Crippen LogP) is 1.15. The Morgan fingerprint density at radius 3 is 2.65 bits per heavy atom. The quantitative estimate of drug-likeness (QED) is 0.725. The number of aryl methyl sites for hydroxylation is 2. The molecule has 0 aliphatic rings. The number of nitrogens with zero attached hydrogens (tertiary/aromatic N) is 4. The number of fused-ring (bicyclic) bond motifs is 1. The lowest BCUT2D eigenvalue weighted by atomic mass is 10.3. The molecule has 8 heteroatoms. The van der Waals surface area contributed by atoms with Crippen molar-refractivity contribution in [3.63, 3.8) is 0 Å². The number of hydrogen-bond donors (Lipinski definition) is 0. The van der Waals surface area contributed by atoms with Crippen LogP contribution in [0.2, 0.25) is 0 Å². The maximum Gasteiger partial charge on any atom is 0.281 e. The standard InChI is InChI=1S/C9H7ClN4O2S/c1-5-3-6(2)14-8(12-5)7(4-11)9(13-14)17(10,15)16/h3H,1-2H3. The van der Waals surface area contributed by atoms with Crippen LogP contribution in [-0.2, 0) is 9.05 Å². The molecule has 0 unspecified atom stereocenters. The molecule has 0 amide bonds. The normalized spacial score (nSPS) is 11.6. The van der Waals surface area contributed by atoms with Crippen LogP contribution in [-0.4, -0.2) is 23.0 Å². The number of halogens is 1. The third-order valence-electron chi connectivity index (χ3n) is 2.21. The molecule has 2 aromatic heterocycles. The van der Waals surface area contributed by atoms with E-state index in [1.54, 1.807) is 26.0 Å². The Balaban J connectivity index is 3.02. The number of hydrogen-bond acceptors (Lipinski definition) is 5. The highest BCUT2D eigenvalue weighted by molar-refractivity contribution is 8.13. The Hall–Kier alpha value is -1.65. The van der Waals surface area contributed by atoms with Gasteiger partial charge >= 0.3 is 0 Å². The third kappa shape index (κ3) is 1.85. The first-order valence-electron chi connectivity index (χ1n) is 4.56. The highest BCUT2D eigenvalue weighted by Crippen LogP contribution is 2.22. The monoisotopic (exact) mass is 270 g/mol. The molecule has 17 heavy (non-hydrogen) atoms. The first kappa shape index (κ1) is 11.8. The van der Waals surface area contributed by atoms with Gasteiger partial charge in [0.2, 0.25) is 5.03 Å². The molecule has 0 radical (unpaired) electrons. The number of rotatable bonds is 1. The molecule has 6 nitrogen and oxygen atoms in total. The average Bonchev–Trinajstić information content (AvgIpc) is 2.55. The van der Waals surface area contributed by atoms with Crippen molar-refractivity contribution >= 4 is 25.4 Å². The van der Waals surface area contributed by atoms with Crippen LogP contribution in [0.15, 0.2) is 11.1 Å². The summed E-state index contributed by atoms with van der Waals surface area (Å²) >= 11 is 0. The Morgan fingerprint density at radius 2 is 2.12 bits per heavy atom. The molecule has 88 valence electrons. The summed E-state index contributed by atoms with van der Waals surface area (Å²) in [5, 5.41) is 12.3. The second kappa shape index (κ2) is 3.68. The van der Waals surface area contributed by atoms with Gasteiger partial charge in [-0.3, -0.25) is 0 Å². The summed E-state index contributed by atoms with van der Waals surface area (Å²) in [5.41, 5.74) is 1.41. The third-order valence-corrected chi connectivity index (χ3v) is 3.39. The lowest BCUT2D eigenvalue weighted by Gasteiger charge is -1.99. The average molecular weight is 271 g/mol. The topological polar surface area (TPSA) is 88.1 Å². The maximum atomic E-state index is 11.3. The summed E-state index contributed by atoms with van der Waals surface area (Å²) in [5.74, 6) is 0. The molecule has 0 N–H and O–H groups in total. The van der Waals surface area contributed by atoms with E-state index in [-0.39, 0.29) is 11.2 Å². The van der Waals surface area contributed by atoms with Crippen molar-refractivity contribution in [1.29, 1.82) is 5.26 Å². The minimum absolute atomic E-state index is 0.133. The molecule has 0 aliphatic heterocycles. The second-order valence-electron chi connectivity index (χ2n) is 3.50. The van der Waals surface area contributed by atoms with Crippen molar-refractivity contribution in [2.75, 3.05) is 0 Å². The molecule has 0 saturated carbocycles. The van der Waals surface area contributed by atoms with Crippen molar-refractivity contribution in [1.82, 2.24) is 14.6 Å². The van der Waals surface area contributed by atoms with Crippen molar-refractivity contribution < 1.29 is 8.42 Å². The zero-order valence-electron chi connectivity index (χ0n) is 8.97. The van der Waals surface area contributed by atoms with Gasteiger partial charge in [0.25, 0.3) is 9.05 Å². The lowest BCUT2D eigenvalue weighted by molar-refractivity contribution is 0.604. The summed E-state index contributed by atoms with van der Waals surface area (Å²) in [6.07, 6.45) is 0. The van der Waals surface area contributed by atoms with Crippen LogP contribution in [0.5, 0.6) is 0 Å². The minimum Gasteiger partial charge on any atom is -0.233 e. The van der Waals surface area contributed by atoms with Gasteiger partial charge in [0.05, 0.1) is 0 Å². The smallest absolute Gasteiger partial charge is 0.233 e. The van der Waals surface area contributed by atoms with Crippen molar-refractivity contribution in [3.8, 4) is 6.07 Å². The summed E-state index contributed by atoms with van der Waals surface area (Å²) in [7, 11) is 1.16. The van der Waals surface area contributed by atoms with E-state index in [9.17, 15) is 8.42 Å². The second-order valence-corrected chi connectivity index (χ2v) is 5.99. The highest BCUT2D eigenvalue weighted by atomic mass is 35.7. The van der Waals surface area contributed by atoms with Gasteiger partial charge in [-0.2, -0.15) is 10.4 Å². The fraction of sp³-hybridized carbons (Fsp3) is 0.222. The van der Waals surface area contributed by atoms with Crippen LogP contribution in [0, 0.1) is 25.2 Å². The van der Waals surface area contributed by atoms with Gasteiger partial charge in [-0.15, -0.1) is 0 Å². The van der Waals surface area contributed by atoms with Gasteiger partial charge < -0.3 is 0 Å². The molecule has 0 fully saturated rings. The van der Waals surface area contributed by atoms with Gasteiger partial charge in [-0.1, -0.05) is 0 Å². The molecule has 2 aromatic rings. The summed E-state index contributed by atoms with van der Waals surface area (Å²) < 4.78 is 23.9. The molecule has 0 atom stereocenters. The summed E-state index contributed by atoms with van der Waals surface area (Å²) in [6, 6.07) is 3.50. The SMILES string of the molecule is Cc1cc(C)n2nc(S(=O)(=O)Cl)c(C#N)c2n1. The molecular weight excluding hydrogens is 264 g/mol. The van der Waals surface area contributed by atoms with Gasteiger partial charge in [-0.25, -0.2) is 17.9 Å².